The predicted molar refractivity (Wildman–Crippen MR) is 43.0 cm³/mol. The summed E-state index contributed by atoms with van der Waals surface area (Å²) in [5, 5.41) is 0. The summed E-state index contributed by atoms with van der Waals surface area (Å²) in [7, 11) is 5.97. The number of nitrogens with zero attached hydrogens (tertiary/aromatic N) is 3. The highest BCUT2D eigenvalue weighted by molar-refractivity contribution is 5.16. The number of imidazole rings is 1. The monoisotopic (exact) mass is 150 g/mol. The van der Waals surface area contributed by atoms with Gasteiger partial charge in [-0.25, -0.2) is 0 Å². The van der Waals surface area contributed by atoms with E-state index in [2.05, 4.69) is 24.0 Å². The van der Waals surface area contributed by atoms with Crippen molar-refractivity contribution in [1.82, 2.24) is 14.5 Å². The van der Waals surface area contributed by atoms with E-state index in [0.717, 1.165) is 19.5 Å². The van der Waals surface area contributed by atoms with Crippen LogP contribution in [0, 0.1) is 7.05 Å². The van der Waals surface area contributed by atoms with Crippen molar-refractivity contribution < 1.29 is 0 Å². The summed E-state index contributed by atoms with van der Waals surface area (Å²) in [5.74, 6) is 0. The Balaban J connectivity index is 2.36. The average Bonchev–Trinajstić information content (AvgIpc) is 2.32. The van der Waals surface area contributed by atoms with Gasteiger partial charge in [-0.2, -0.15) is 0 Å². The zero-order valence-electron chi connectivity index (χ0n) is 6.75. The number of hydrogen-bond acceptors (Lipinski definition) is 2. The van der Waals surface area contributed by atoms with E-state index < -0.39 is 0 Å². The number of hydrogen-bond donors (Lipinski definition) is 0. The second-order valence-electron chi connectivity index (χ2n) is 3.10. The molecule has 2 heterocycles. The fourth-order valence-corrected chi connectivity index (χ4v) is 1.50. The lowest BCUT2D eigenvalue weighted by Crippen LogP contribution is -2.27. The summed E-state index contributed by atoms with van der Waals surface area (Å²) in [6.07, 6.45) is 2.87. The van der Waals surface area contributed by atoms with E-state index in [4.69, 9.17) is 0 Å². The fraction of sp³-hybridized carbons (Fsp3) is 0.500. The molecular weight excluding hydrogens is 138 g/mol. The molecule has 0 saturated carbocycles. The minimum atomic E-state index is 0.970. The zero-order valence-corrected chi connectivity index (χ0v) is 6.75. The number of aromatic nitrogens is 2. The Hall–Kier alpha value is -0.960. The van der Waals surface area contributed by atoms with Crippen molar-refractivity contribution in [3.8, 4) is 0 Å². The molecule has 0 spiro atoms. The Bertz CT molecular complexity index is 264. The summed E-state index contributed by atoms with van der Waals surface area (Å²) in [5.41, 5.74) is 2.48. The second-order valence-corrected chi connectivity index (χ2v) is 3.10. The van der Waals surface area contributed by atoms with Crippen LogP contribution in [-0.2, 0) is 13.0 Å². The van der Waals surface area contributed by atoms with Crippen LogP contribution in [0.15, 0.2) is 6.33 Å². The molecule has 0 amide bonds. The van der Waals surface area contributed by atoms with Gasteiger partial charge in [-0.05, 0) is 26.3 Å². The van der Waals surface area contributed by atoms with Gasteiger partial charge in [0, 0.05) is 12.2 Å². The first-order valence-corrected chi connectivity index (χ1v) is 3.82. The van der Waals surface area contributed by atoms with Crippen molar-refractivity contribution in [3.63, 3.8) is 0 Å². The molecule has 0 aromatic carbocycles. The Kier molecular flexibility index (Phi) is 1.39. The minimum absolute atomic E-state index is 0.970. The van der Waals surface area contributed by atoms with Crippen LogP contribution in [0.3, 0.4) is 0 Å². The molecule has 0 unspecified atom stereocenters. The van der Waals surface area contributed by atoms with Gasteiger partial charge in [-0.3, -0.25) is 0 Å². The molecule has 60 valence electrons. The van der Waals surface area contributed by atoms with Gasteiger partial charge in [0.05, 0.1) is 0 Å². The standard InChI is InChI=1S/C8H12N3/c1-10-4-3-8-7(5-10)9-6-11(8)2/h6H,2-5H2,1H3/q-1. The SMILES string of the molecule is [CH2-]n1cnc2c1CCN(C)C2. The van der Waals surface area contributed by atoms with Gasteiger partial charge in [0.15, 0.2) is 0 Å². The van der Waals surface area contributed by atoms with Gasteiger partial charge in [0.25, 0.3) is 0 Å². The maximum Gasteiger partial charge on any atom is 0.0291 e. The van der Waals surface area contributed by atoms with Crippen molar-refractivity contribution in [2.75, 3.05) is 13.6 Å². The molecule has 0 saturated heterocycles. The molecule has 2 rings (SSSR count). The largest absolute Gasteiger partial charge is 0.474 e. The van der Waals surface area contributed by atoms with Gasteiger partial charge < -0.3 is 14.5 Å². The van der Waals surface area contributed by atoms with Crippen molar-refractivity contribution in [3.05, 3.63) is 24.8 Å². The zero-order chi connectivity index (χ0) is 7.84. The lowest BCUT2D eigenvalue weighted by Gasteiger charge is -2.25. The van der Waals surface area contributed by atoms with Crippen LogP contribution in [-0.4, -0.2) is 28.0 Å². The Morgan fingerprint density at radius 3 is 3.27 bits per heavy atom. The highest BCUT2D eigenvalue weighted by atomic mass is 15.1. The summed E-state index contributed by atoms with van der Waals surface area (Å²) in [6.45, 7) is 2.09. The maximum atomic E-state index is 4.27. The smallest absolute Gasteiger partial charge is 0.0291 e. The molecule has 0 radical (unpaired) electrons. The first-order valence-electron chi connectivity index (χ1n) is 3.82. The molecule has 0 N–H and O–H groups in total. The van der Waals surface area contributed by atoms with E-state index in [1.165, 1.54) is 11.4 Å². The lowest BCUT2D eigenvalue weighted by atomic mass is 10.1. The van der Waals surface area contributed by atoms with Crippen LogP contribution in [0.25, 0.3) is 0 Å². The van der Waals surface area contributed by atoms with Crippen molar-refractivity contribution in [2.24, 2.45) is 0 Å². The molecule has 3 nitrogen and oxygen atoms in total. The van der Waals surface area contributed by atoms with E-state index in [9.17, 15) is 0 Å². The normalized spacial score (nSPS) is 18.3. The van der Waals surface area contributed by atoms with Gasteiger partial charge in [-0.15, -0.1) is 7.05 Å². The third kappa shape index (κ3) is 1.01. The van der Waals surface area contributed by atoms with E-state index in [1.807, 2.05) is 4.57 Å². The van der Waals surface area contributed by atoms with Crippen LogP contribution in [0.2, 0.25) is 0 Å². The van der Waals surface area contributed by atoms with Crippen molar-refractivity contribution in [2.45, 2.75) is 13.0 Å². The van der Waals surface area contributed by atoms with Gasteiger partial charge >= 0.3 is 0 Å². The Labute approximate surface area is 66.6 Å². The van der Waals surface area contributed by atoms with Crippen molar-refractivity contribution in [1.29, 1.82) is 0 Å². The van der Waals surface area contributed by atoms with Gasteiger partial charge in [0.2, 0.25) is 0 Å². The molecule has 0 bridgehead atoms. The van der Waals surface area contributed by atoms with Crippen LogP contribution in [0.5, 0.6) is 0 Å². The van der Waals surface area contributed by atoms with E-state index >= 15 is 0 Å². The maximum absolute atomic E-state index is 4.27. The highest BCUT2D eigenvalue weighted by Crippen LogP contribution is 2.14. The third-order valence-electron chi connectivity index (χ3n) is 2.18. The number of rotatable bonds is 0. The summed E-state index contributed by atoms with van der Waals surface area (Å²) in [4.78, 5) is 6.54. The molecule has 0 atom stereocenters. The van der Waals surface area contributed by atoms with E-state index in [1.54, 1.807) is 6.33 Å². The molecule has 0 aliphatic carbocycles. The number of likely N-dealkylation sites (N-methyl/N-ethyl adjacent to an activating group) is 1. The second kappa shape index (κ2) is 2.27. The van der Waals surface area contributed by atoms with Crippen LogP contribution >= 0.6 is 0 Å². The van der Waals surface area contributed by atoms with Crippen LogP contribution < -0.4 is 0 Å². The predicted octanol–water partition coefficient (Wildman–Crippen LogP) is 0.511. The minimum Gasteiger partial charge on any atom is -0.474 e. The molecule has 1 aromatic heterocycles. The highest BCUT2D eigenvalue weighted by Gasteiger charge is 2.10. The first kappa shape index (κ1) is 6.73. The van der Waals surface area contributed by atoms with E-state index in [0.29, 0.717) is 0 Å². The van der Waals surface area contributed by atoms with E-state index in [-0.39, 0.29) is 0 Å². The Morgan fingerprint density at radius 2 is 2.45 bits per heavy atom. The quantitative estimate of drug-likeness (QED) is 0.502. The fourth-order valence-electron chi connectivity index (χ4n) is 1.50. The Morgan fingerprint density at radius 1 is 1.64 bits per heavy atom. The van der Waals surface area contributed by atoms with Gasteiger partial charge in [-0.1, -0.05) is 5.69 Å². The van der Waals surface area contributed by atoms with Crippen LogP contribution in [0.1, 0.15) is 11.4 Å². The topological polar surface area (TPSA) is 21.1 Å². The molecule has 1 aliphatic heterocycles. The van der Waals surface area contributed by atoms with Crippen molar-refractivity contribution >= 4 is 0 Å². The summed E-state index contributed by atoms with van der Waals surface area (Å²) in [6, 6.07) is 0. The molecular formula is C8H12N3-. The summed E-state index contributed by atoms with van der Waals surface area (Å²) >= 11 is 0. The lowest BCUT2D eigenvalue weighted by molar-refractivity contribution is 0.306. The molecule has 1 aliphatic rings. The molecule has 1 aromatic rings. The summed E-state index contributed by atoms with van der Waals surface area (Å²) < 4.78 is 1.88. The molecule has 3 heteroatoms. The molecule has 0 fully saturated rings. The number of fused-ring (bicyclic) bond motifs is 1. The first-order chi connectivity index (χ1) is 5.27. The average molecular weight is 150 g/mol. The van der Waals surface area contributed by atoms with Gasteiger partial charge in [0.1, 0.15) is 0 Å². The third-order valence-corrected chi connectivity index (χ3v) is 2.18. The van der Waals surface area contributed by atoms with Crippen LogP contribution in [0.4, 0.5) is 0 Å². The molecule has 11 heavy (non-hydrogen) atoms.